The smallest absolute Gasteiger partial charge is 0.209 e. The normalized spacial score (nSPS) is 10.8. The van der Waals surface area contributed by atoms with Gasteiger partial charge in [0.2, 0.25) is 5.12 Å². The van der Waals surface area contributed by atoms with E-state index in [-0.39, 0.29) is 33.0 Å². The van der Waals surface area contributed by atoms with E-state index in [0.717, 1.165) is 11.8 Å². The van der Waals surface area contributed by atoms with Crippen LogP contribution in [0.3, 0.4) is 0 Å². The molecule has 2 aromatic rings. The first-order valence-corrected chi connectivity index (χ1v) is 8.68. The fourth-order valence-electron chi connectivity index (χ4n) is 1.98. The molecule has 6 nitrogen and oxygen atoms in total. The van der Waals surface area contributed by atoms with Gasteiger partial charge in [-0.25, -0.2) is 4.98 Å². The van der Waals surface area contributed by atoms with Crippen LogP contribution >= 0.6 is 35.0 Å². The maximum atomic E-state index is 11.5. The number of aromatic nitrogens is 1. The van der Waals surface area contributed by atoms with Gasteiger partial charge in [-0.1, -0.05) is 11.6 Å². The molecule has 0 fully saturated rings. The Morgan fingerprint density at radius 1 is 1.40 bits per heavy atom. The van der Waals surface area contributed by atoms with Gasteiger partial charge in [-0.05, 0) is 49.4 Å². The summed E-state index contributed by atoms with van der Waals surface area (Å²) in [5.74, 6) is -0.248. The second-order valence-corrected chi connectivity index (χ2v) is 6.65. The minimum absolute atomic E-state index is 0.0724. The van der Waals surface area contributed by atoms with Gasteiger partial charge in [-0.3, -0.25) is 4.79 Å². The largest absolute Gasteiger partial charge is 0.506 e. The summed E-state index contributed by atoms with van der Waals surface area (Å²) in [5.41, 5.74) is 1.84. The molecule has 0 unspecified atom stereocenters. The maximum absolute atomic E-state index is 11.5. The fraction of sp³-hybridized carbons (Fsp3) is 0.188. The number of phenolic OH excluding ortho intramolecular Hbond substituents is 1. The lowest BCUT2D eigenvalue weighted by atomic mass is 10.1. The number of thioether (sulfide) groups is 1. The first kappa shape index (κ1) is 19.2. The van der Waals surface area contributed by atoms with E-state index in [1.165, 1.54) is 18.2 Å². The number of carbonyl (C=O) groups excluding carboxylic acids is 1. The molecule has 0 bridgehead atoms. The van der Waals surface area contributed by atoms with Gasteiger partial charge in [0.15, 0.2) is 0 Å². The standard InChI is InChI=1S/C16H12Cl2N4O2S/c1-8-11(7-19)16(25-14(24)6-17)20-9(2)15(8)22-21-12-5-10(18)3-4-13(12)23/h3-5,23H,6H2,1-2H3. The predicted molar refractivity (Wildman–Crippen MR) is 97.3 cm³/mol. The SMILES string of the molecule is Cc1nc(SC(=O)CCl)c(C#N)c(C)c1N=Nc1cc(Cl)ccc1O. The number of pyridine rings is 1. The molecule has 0 spiro atoms. The minimum Gasteiger partial charge on any atom is -0.506 e. The third-order valence-electron chi connectivity index (χ3n) is 3.18. The van der Waals surface area contributed by atoms with Crippen LogP contribution in [-0.4, -0.2) is 21.1 Å². The van der Waals surface area contributed by atoms with E-state index >= 15 is 0 Å². The number of phenols is 1. The van der Waals surface area contributed by atoms with Crippen LogP contribution in [0.1, 0.15) is 16.8 Å². The quantitative estimate of drug-likeness (QED) is 0.436. The van der Waals surface area contributed by atoms with Gasteiger partial charge in [-0.2, -0.15) is 5.26 Å². The highest BCUT2D eigenvalue weighted by atomic mass is 35.5. The lowest BCUT2D eigenvalue weighted by molar-refractivity contribution is -0.108. The van der Waals surface area contributed by atoms with E-state index in [2.05, 4.69) is 15.2 Å². The van der Waals surface area contributed by atoms with Gasteiger partial charge in [0, 0.05) is 5.02 Å². The van der Waals surface area contributed by atoms with Crippen molar-refractivity contribution in [3.05, 3.63) is 40.0 Å². The average molecular weight is 395 g/mol. The van der Waals surface area contributed by atoms with Crippen LogP contribution in [-0.2, 0) is 4.79 Å². The second-order valence-electron chi connectivity index (χ2n) is 4.90. The highest BCUT2D eigenvalue weighted by Gasteiger charge is 2.17. The van der Waals surface area contributed by atoms with Gasteiger partial charge in [0.1, 0.15) is 28.2 Å². The van der Waals surface area contributed by atoms with Gasteiger partial charge in [0.05, 0.1) is 17.1 Å². The molecule has 1 heterocycles. The fourth-order valence-corrected chi connectivity index (χ4v) is 3.06. The van der Waals surface area contributed by atoms with Crippen LogP contribution in [0, 0.1) is 25.2 Å². The Morgan fingerprint density at radius 3 is 2.76 bits per heavy atom. The number of alkyl halides is 1. The molecule has 1 aromatic heterocycles. The number of hydrogen-bond acceptors (Lipinski definition) is 7. The van der Waals surface area contributed by atoms with Crippen molar-refractivity contribution in [3.63, 3.8) is 0 Å². The Balaban J connectivity index is 2.49. The van der Waals surface area contributed by atoms with Gasteiger partial charge >= 0.3 is 0 Å². The summed E-state index contributed by atoms with van der Waals surface area (Å²) in [5, 5.41) is 27.7. The molecule has 0 amide bonds. The van der Waals surface area contributed by atoms with Crippen molar-refractivity contribution in [1.82, 2.24) is 4.98 Å². The molecule has 1 N–H and O–H groups in total. The predicted octanol–water partition coefficient (Wildman–Crippen LogP) is 5.20. The molecule has 0 radical (unpaired) electrons. The molecule has 128 valence electrons. The number of carbonyl (C=O) groups is 1. The summed E-state index contributed by atoms with van der Waals surface area (Å²) < 4.78 is 0. The van der Waals surface area contributed by atoms with Crippen LogP contribution in [0.25, 0.3) is 0 Å². The van der Waals surface area contributed by atoms with E-state index in [9.17, 15) is 15.2 Å². The van der Waals surface area contributed by atoms with E-state index < -0.39 is 0 Å². The summed E-state index contributed by atoms with van der Waals surface area (Å²) in [4.78, 5) is 15.8. The molecule has 0 aliphatic heterocycles. The lowest BCUT2D eigenvalue weighted by Crippen LogP contribution is -2.00. The van der Waals surface area contributed by atoms with Gasteiger partial charge in [-0.15, -0.1) is 21.8 Å². The molecule has 9 heteroatoms. The Kier molecular flexibility index (Phi) is 6.37. The molecule has 0 aliphatic rings. The highest BCUT2D eigenvalue weighted by Crippen LogP contribution is 2.35. The summed E-state index contributed by atoms with van der Waals surface area (Å²) in [6, 6.07) is 6.43. The zero-order valence-corrected chi connectivity index (χ0v) is 15.6. The summed E-state index contributed by atoms with van der Waals surface area (Å²) >= 11 is 12.2. The molecule has 0 aliphatic carbocycles. The number of nitrogens with zero attached hydrogens (tertiary/aromatic N) is 4. The lowest BCUT2D eigenvalue weighted by Gasteiger charge is -2.09. The Labute approximate surface area is 158 Å². The maximum Gasteiger partial charge on any atom is 0.209 e. The Hall–Kier alpha value is -2.14. The summed E-state index contributed by atoms with van der Waals surface area (Å²) in [6.45, 7) is 3.38. The first-order valence-electron chi connectivity index (χ1n) is 6.95. The van der Waals surface area contributed by atoms with Crippen molar-refractivity contribution in [1.29, 1.82) is 5.26 Å². The first-order chi connectivity index (χ1) is 11.9. The highest BCUT2D eigenvalue weighted by molar-refractivity contribution is 8.13. The summed E-state index contributed by atoms with van der Waals surface area (Å²) in [6.07, 6.45) is 0. The van der Waals surface area contributed by atoms with E-state index in [0.29, 0.717) is 22.0 Å². The summed E-state index contributed by atoms with van der Waals surface area (Å²) in [7, 11) is 0. The van der Waals surface area contributed by atoms with Gasteiger partial charge in [0.25, 0.3) is 0 Å². The van der Waals surface area contributed by atoms with Crippen LogP contribution in [0.4, 0.5) is 11.4 Å². The van der Waals surface area contributed by atoms with Crippen molar-refractivity contribution in [2.24, 2.45) is 10.2 Å². The second kappa shape index (κ2) is 8.30. The van der Waals surface area contributed by atoms with Gasteiger partial charge < -0.3 is 5.11 Å². The number of hydrogen-bond donors (Lipinski definition) is 1. The number of aryl methyl sites for hydroxylation is 1. The molecular formula is C16H12Cl2N4O2S. The van der Waals surface area contributed by atoms with Crippen molar-refractivity contribution in [3.8, 4) is 11.8 Å². The molecule has 25 heavy (non-hydrogen) atoms. The topological polar surface area (TPSA) is 98.7 Å². The molecule has 2 rings (SSSR count). The van der Waals surface area contributed by atoms with Crippen LogP contribution in [0.5, 0.6) is 5.75 Å². The molecule has 0 saturated heterocycles. The number of azo groups is 1. The van der Waals surface area contributed by atoms with E-state index in [1.54, 1.807) is 13.8 Å². The monoisotopic (exact) mass is 394 g/mol. The minimum atomic E-state index is -0.303. The number of nitriles is 1. The third-order valence-corrected chi connectivity index (χ3v) is 4.68. The van der Waals surface area contributed by atoms with Crippen LogP contribution < -0.4 is 0 Å². The molecule has 0 saturated carbocycles. The van der Waals surface area contributed by atoms with Crippen LogP contribution in [0.15, 0.2) is 33.5 Å². The number of aromatic hydroxyl groups is 1. The zero-order chi connectivity index (χ0) is 18.6. The van der Waals surface area contributed by atoms with E-state index in [4.69, 9.17) is 23.2 Å². The number of halogens is 2. The molecular weight excluding hydrogens is 383 g/mol. The van der Waals surface area contributed by atoms with Crippen molar-refractivity contribution >= 4 is 51.5 Å². The Bertz CT molecular complexity index is 910. The number of rotatable bonds is 4. The zero-order valence-electron chi connectivity index (χ0n) is 13.2. The van der Waals surface area contributed by atoms with E-state index in [1.807, 2.05) is 6.07 Å². The van der Waals surface area contributed by atoms with Crippen molar-refractivity contribution in [2.75, 3.05) is 5.88 Å². The average Bonchev–Trinajstić information content (AvgIpc) is 2.57. The van der Waals surface area contributed by atoms with Crippen molar-refractivity contribution < 1.29 is 9.90 Å². The molecule has 0 atom stereocenters. The van der Waals surface area contributed by atoms with Crippen molar-refractivity contribution in [2.45, 2.75) is 18.9 Å². The molecule has 1 aromatic carbocycles. The Morgan fingerprint density at radius 2 is 2.12 bits per heavy atom. The number of benzene rings is 1. The van der Waals surface area contributed by atoms with Crippen LogP contribution in [0.2, 0.25) is 5.02 Å². The third kappa shape index (κ3) is 4.48.